The third-order valence-corrected chi connectivity index (χ3v) is 10.3. The molecule has 1 fully saturated rings. The highest BCUT2D eigenvalue weighted by atomic mass is 32.2. The van der Waals surface area contributed by atoms with Gasteiger partial charge in [-0.3, -0.25) is 14.5 Å². The molecule has 1 amide bonds. The molecule has 11 heteroatoms. The molecule has 1 N–H and O–H groups in total. The van der Waals surface area contributed by atoms with Crippen LogP contribution in [0.2, 0.25) is 0 Å². The van der Waals surface area contributed by atoms with E-state index in [4.69, 9.17) is 14.2 Å². The molecule has 2 heterocycles. The number of aryl methyl sites for hydroxylation is 1. The number of benzene rings is 4. The van der Waals surface area contributed by atoms with Crippen molar-refractivity contribution in [1.29, 1.82) is 0 Å². The first-order valence-corrected chi connectivity index (χ1v) is 18.1. The third-order valence-electron chi connectivity index (χ3n) is 8.13. The van der Waals surface area contributed by atoms with Gasteiger partial charge in [0.05, 0.1) is 25.3 Å². The zero-order valence-corrected chi connectivity index (χ0v) is 29.6. The highest BCUT2D eigenvalue weighted by Crippen LogP contribution is 2.45. The van der Waals surface area contributed by atoms with E-state index in [0.717, 1.165) is 29.5 Å². The van der Waals surface area contributed by atoms with Crippen LogP contribution in [0.1, 0.15) is 53.6 Å². The summed E-state index contributed by atoms with van der Waals surface area (Å²) in [6.45, 7) is 5.01. The molecule has 6 rings (SSSR count). The van der Waals surface area contributed by atoms with Gasteiger partial charge in [0.25, 0.3) is 5.78 Å². The summed E-state index contributed by atoms with van der Waals surface area (Å²) in [5, 5.41) is 20.6. The molecule has 0 saturated carbocycles. The van der Waals surface area contributed by atoms with E-state index in [0.29, 0.717) is 51.7 Å². The van der Waals surface area contributed by atoms with Crippen LogP contribution < -0.4 is 19.1 Å². The first-order chi connectivity index (χ1) is 24.4. The van der Waals surface area contributed by atoms with Crippen LogP contribution in [0.25, 0.3) is 5.76 Å². The van der Waals surface area contributed by atoms with Gasteiger partial charge >= 0.3 is 5.91 Å². The maximum Gasteiger partial charge on any atom is 0.301 e. The standard InChI is InChI=1S/C39H37N3O6S2/c1-4-5-20-47-31-19-16-29(22-32(31)46-3)34-33(35(43)28-14-17-30(18-15-28)48-23-27-13-9-10-25(2)21-27)36(44)37(45)42(34)38-40-41-39(50-38)49-24-26-11-7-6-8-12-26/h6-19,21-22,34,43H,4-5,20,23-24H2,1-3H3. The van der Waals surface area contributed by atoms with Gasteiger partial charge in [-0.15, -0.1) is 10.2 Å². The fraction of sp³-hybridized carbons (Fsp3) is 0.231. The molecule has 1 atom stereocenters. The molecule has 5 aromatic rings. The summed E-state index contributed by atoms with van der Waals surface area (Å²) in [6.07, 6.45) is 1.85. The molecule has 50 heavy (non-hydrogen) atoms. The molecule has 4 aromatic carbocycles. The van der Waals surface area contributed by atoms with Gasteiger partial charge in [-0.1, -0.05) is 103 Å². The fourth-order valence-corrected chi connectivity index (χ4v) is 7.38. The van der Waals surface area contributed by atoms with Crippen molar-refractivity contribution >= 4 is 45.7 Å². The molecular weight excluding hydrogens is 671 g/mol. The number of aliphatic hydroxyl groups excluding tert-OH is 1. The average molecular weight is 708 g/mol. The number of thioether (sulfide) groups is 1. The Hall–Kier alpha value is -5.13. The van der Waals surface area contributed by atoms with Crippen LogP contribution >= 0.6 is 23.1 Å². The Bertz CT molecular complexity index is 1990. The van der Waals surface area contributed by atoms with Crippen molar-refractivity contribution < 1.29 is 28.9 Å². The van der Waals surface area contributed by atoms with Crippen molar-refractivity contribution in [3.05, 3.63) is 130 Å². The smallest absolute Gasteiger partial charge is 0.301 e. The highest BCUT2D eigenvalue weighted by Gasteiger charge is 2.48. The lowest BCUT2D eigenvalue weighted by Gasteiger charge is -2.23. The summed E-state index contributed by atoms with van der Waals surface area (Å²) in [5.74, 6) is 0.286. The second-order valence-electron chi connectivity index (χ2n) is 11.7. The normalized spacial score (nSPS) is 15.3. The number of methoxy groups -OCH3 is 1. The average Bonchev–Trinajstić information content (AvgIpc) is 3.71. The number of aliphatic hydroxyl groups is 1. The van der Waals surface area contributed by atoms with E-state index < -0.39 is 17.7 Å². The number of unbranched alkanes of at least 4 members (excludes halogenated alkanes) is 1. The number of anilines is 1. The maximum absolute atomic E-state index is 13.8. The number of Topliss-reactive ketones (excluding diaryl/α,β-unsaturated/α-hetero) is 1. The number of nitrogens with zero attached hydrogens (tertiary/aromatic N) is 3. The van der Waals surface area contributed by atoms with Crippen LogP contribution in [-0.2, 0) is 21.9 Å². The van der Waals surface area contributed by atoms with Gasteiger partial charge in [0.1, 0.15) is 18.1 Å². The molecule has 256 valence electrons. The van der Waals surface area contributed by atoms with Gasteiger partial charge in [-0.05, 0) is 66.4 Å². The Balaban J connectivity index is 1.34. The minimum Gasteiger partial charge on any atom is -0.507 e. The number of carbonyl (C=O) groups is 2. The lowest BCUT2D eigenvalue weighted by atomic mass is 9.95. The largest absolute Gasteiger partial charge is 0.507 e. The molecule has 0 spiro atoms. The lowest BCUT2D eigenvalue weighted by Crippen LogP contribution is -2.29. The Morgan fingerprint density at radius 1 is 0.900 bits per heavy atom. The molecule has 9 nitrogen and oxygen atoms in total. The minimum absolute atomic E-state index is 0.0705. The zero-order chi connectivity index (χ0) is 35.0. The van der Waals surface area contributed by atoms with E-state index in [-0.39, 0.29) is 16.5 Å². The quantitative estimate of drug-likeness (QED) is 0.0303. The Morgan fingerprint density at radius 2 is 1.68 bits per heavy atom. The first kappa shape index (κ1) is 34.7. The Kier molecular flexibility index (Phi) is 11.1. The SMILES string of the molecule is CCCCOc1ccc(C2C(=C(O)c3ccc(OCc4cccc(C)c4)cc3)C(=O)C(=O)N2c2nnc(SCc3ccccc3)s2)cc1OC. The van der Waals surface area contributed by atoms with E-state index in [1.807, 2.05) is 55.5 Å². The number of ketones is 1. The van der Waals surface area contributed by atoms with Gasteiger partial charge in [-0.2, -0.15) is 0 Å². The topological polar surface area (TPSA) is 111 Å². The predicted molar refractivity (Wildman–Crippen MR) is 196 cm³/mol. The number of hydrogen-bond acceptors (Lipinski definition) is 10. The number of rotatable bonds is 14. The number of aromatic nitrogens is 2. The van der Waals surface area contributed by atoms with Crippen LogP contribution in [0.5, 0.6) is 17.2 Å². The molecule has 0 radical (unpaired) electrons. The van der Waals surface area contributed by atoms with Crippen LogP contribution in [0.4, 0.5) is 5.13 Å². The summed E-state index contributed by atoms with van der Waals surface area (Å²) in [5.41, 5.74) is 4.13. The third kappa shape index (κ3) is 7.85. The molecular formula is C39H37N3O6S2. The second-order valence-corrected chi connectivity index (χ2v) is 13.9. The molecule has 0 bridgehead atoms. The minimum atomic E-state index is -1.01. The van der Waals surface area contributed by atoms with E-state index in [9.17, 15) is 14.7 Å². The molecule has 1 saturated heterocycles. The molecule has 0 aliphatic carbocycles. The maximum atomic E-state index is 13.8. The lowest BCUT2D eigenvalue weighted by molar-refractivity contribution is -0.132. The van der Waals surface area contributed by atoms with Gasteiger partial charge in [0.15, 0.2) is 15.8 Å². The fourth-order valence-electron chi connectivity index (χ4n) is 5.56. The molecule has 1 unspecified atom stereocenters. The summed E-state index contributed by atoms with van der Waals surface area (Å²) in [7, 11) is 1.53. The summed E-state index contributed by atoms with van der Waals surface area (Å²) < 4.78 is 18.2. The van der Waals surface area contributed by atoms with Crippen molar-refractivity contribution in [1.82, 2.24) is 10.2 Å². The number of amides is 1. The van der Waals surface area contributed by atoms with Crippen LogP contribution in [-0.4, -0.2) is 40.7 Å². The van der Waals surface area contributed by atoms with Gasteiger partial charge in [-0.25, -0.2) is 0 Å². The molecule has 1 aromatic heterocycles. The van der Waals surface area contributed by atoms with Crippen molar-refractivity contribution in [3.63, 3.8) is 0 Å². The summed E-state index contributed by atoms with van der Waals surface area (Å²) >= 11 is 2.70. The van der Waals surface area contributed by atoms with E-state index in [1.54, 1.807) is 42.5 Å². The van der Waals surface area contributed by atoms with E-state index in [2.05, 4.69) is 23.2 Å². The monoisotopic (exact) mass is 707 g/mol. The number of carbonyl (C=O) groups excluding carboxylic acids is 2. The summed E-state index contributed by atoms with van der Waals surface area (Å²) in [6, 6.07) is 29.1. The van der Waals surface area contributed by atoms with Crippen LogP contribution in [0.15, 0.2) is 107 Å². The van der Waals surface area contributed by atoms with Crippen molar-refractivity contribution in [2.24, 2.45) is 0 Å². The van der Waals surface area contributed by atoms with E-state index >= 15 is 0 Å². The zero-order valence-electron chi connectivity index (χ0n) is 28.0. The van der Waals surface area contributed by atoms with Crippen LogP contribution in [0.3, 0.4) is 0 Å². The second kappa shape index (κ2) is 16.1. The highest BCUT2D eigenvalue weighted by molar-refractivity contribution is 8.00. The van der Waals surface area contributed by atoms with Crippen LogP contribution in [0, 0.1) is 6.92 Å². The Morgan fingerprint density at radius 3 is 2.42 bits per heavy atom. The molecule has 1 aliphatic heterocycles. The van der Waals surface area contributed by atoms with Crippen molar-refractivity contribution in [2.75, 3.05) is 18.6 Å². The van der Waals surface area contributed by atoms with Crippen molar-refractivity contribution in [2.45, 2.75) is 49.4 Å². The summed E-state index contributed by atoms with van der Waals surface area (Å²) in [4.78, 5) is 28.9. The molecule has 1 aliphatic rings. The van der Waals surface area contributed by atoms with Gasteiger partial charge in [0, 0.05) is 11.3 Å². The predicted octanol–water partition coefficient (Wildman–Crippen LogP) is 8.53. The number of ether oxygens (including phenoxy) is 3. The van der Waals surface area contributed by atoms with Gasteiger partial charge in [0.2, 0.25) is 5.13 Å². The van der Waals surface area contributed by atoms with E-state index in [1.165, 1.54) is 35.1 Å². The Labute approximate surface area is 299 Å². The van der Waals surface area contributed by atoms with Gasteiger partial charge < -0.3 is 19.3 Å². The number of hydrogen-bond donors (Lipinski definition) is 1. The first-order valence-electron chi connectivity index (χ1n) is 16.3. The van der Waals surface area contributed by atoms with Crippen molar-refractivity contribution in [3.8, 4) is 17.2 Å².